The van der Waals surface area contributed by atoms with E-state index in [0.29, 0.717) is 5.69 Å². The van der Waals surface area contributed by atoms with E-state index < -0.39 is 0 Å². The molecule has 1 heterocycles. The third-order valence-electron chi connectivity index (χ3n) is 1.13. The number of aromatic nitrogens is 1. The second-order valence-corrected chi connectivity index (χ2v) is 1.75. The van der Waals surface area contributed by atoms with Gasteiger partial charge in [0.25, 0.3) is 0 Å². The van der Waals surface area contributed by atoms with Crippen molar-refractivity contribution in [1.82, 2.24) is 4.98 Å². The van der Waals surface area contributed by atoms with Crippen molar-refractivity contribution in [2.75, 3.05) is 5.48 Å². The van der Waals surface area contributed by atoms with Crippen LogP contribution in [-0.2, 0) is 0 Å². The normalized spacial score (nSPS) is 9.11. The van der Waals surface area contributed by atoms with Crippen LogP contribution in [0.3, 0.4) is 0 Å². The zero-order chi connectivity index (χ0) is 6.69. The van der Waals surface area contributed by atoms with Crippen LogP contribution in [0.15, 0.2) is 18.3 Å². The minimum atomic E-state index is 0.650. The van der Waals surface area contributed by atoms with Gasteiger partial charge < -0.3 is 0 Å². The fraction of sp³-hybridized carbons (Fsp3) is 0.167. The number of anilines is 1. The number of hydrogen-bond acceptors (Lipinski definition) is 3. The van der Waals surface area contributed by atoms with E-state index in [1.807, 2.05) is 12.4 Å². The zero-order valence-electron chi connectivity index (χ0n) is 5.13. The molecule has 0 amide bonds. The standard InChI is InChI=1S/C6H8N2O/c1-5-6(8-9)3-2-4-7-5/h2-4,8-9H,1H3. The van der Waals surface area contributed by atoms with Crippen molar-refractivity contribution in [3.05, 3.63) is 24.0 Å². The summed E-state index contributed by atoms with van der Waals surface area (Å²) in [6, 6.07) is 3.51. The van der Waals surface area contributed by atoms with Crippen LogP contribution in [-0.4, -0.2) is 10.2 Å². The summed E-state index contributed by atoms with van der Waals surface area (Å²) >= 11 is 0. The number of nitrogens with one attached hydrogen (secondary N) is 1. The molecule has 0 saturated carbocycles. The third kappa shape index (κ3) is 1.17. The highest BCUT2D eigenvalue weighted by Gasteiger charge is 1.91. The maximum absolute atomic E-state index is 8.43. The summed E-state index contributed by atoms with van der Waals surface area (Å²) in [5, 5.41) is 8.43. The summed E-state index contributed by atoms with van der Waals surface area (Å²) in [6.07, 6.45) is 1.68. The first-order chi connectivity index (χ1) is 4.34. The minimum Gasteiger partial charge on any atom is -0.291 e. The van der Waals surface area contributed by atoms with Gasteiger partial charge in [-0.2, -0.15) is 0 Å². The van der Waals surface area contributed by atoms with Gasteiger partial charge in [-0.05, 0) is 19.1 Å². The van der Waals surface area contributed by atoms with Crippen LogP contribution < -0.4 is 5.48 Å². The van der Waals surface area contributed by atoms with Gasteiger partial charge in [-0.1, -0.05) is 0 Å². The Morgan fingerprint density at radius 3 is 2.89 bits per heavy atom. The molecular weight excluding hydrogens is 116 g/mol. The van der Waals surface area contributed by atoms with E-state index in [2.05, 4.69) is 4.98 Å². The van der Waals surface area contributed by atoms with E-state index in [0.717, 1.165) is 5.69 Å². The molecule has 0 unspecified atom stereocenters. The maximum atomic E-state index is 8.43. The van der Waals surface area contributed by atoms with Crippen molar-refractivity contribution in [3.63, 3.8) is 0 Å². The summed E-state index contributed by atoms with van der Waals surface area (Å²) in [5.74, 6) is 0. The second kappa shape index (κ2) is 2.46. The monoisotopic (exact) mass is 124 g/mol. The van der Waals surface area contributed by atoms with Crippen molar-refractivity contribution in [3.8, 4) is 0 Å². The van der Waals surface area contributed by atoms with Gasteiger partial charge in [-0.15, -0.1) is 0 Å². The van der Waals surface area contributed by atoms with Gasteiger partial charge >= 0.3 is 0 Å². The Labute approximate surface area is 53.3 Å². The average Bonchev–Trinajstić information content (AvgIpc) is 1.89. The van der Waals surface area contributed by atoms with Gasteiger partial charge in [0, 0.05) is 6.20 Å². The van der Waals surface area contributed by atoms with Crippen LogP contribution in [0.1, 0.15) is 5.69 Å². The van der Waals surface area contributed by atoms with Gasteiger partial charge in [-0.25, -0.2) is 0 Å². The van der Waals surface area contributed by atoms with Crippen LogP contribution >= 0.6 is 0 Å². The lowest BCUT2D eigenvalue weighted by Crippen LogP contribution is -1.92. The molecule has 0 spiro atoms. The molecule has 48 valence electrons. The average molecular weight is 124 g/mol. The smallest absolute Gasteiger partial charge is 0.0814 e. The van der Waals surface area contributed by atoms with E-state index in [-0.39, 0.29) is 0 Å². The van der Waals surface area contributed by atoms with Crippen LogP contribution in [0.5, 0.6) is 0 Å². The van der Waals surface area contributed by atoms with E-state index in [1.54, 1.807) is 18.3 Å². The van der Waals surface area contributed by atoms with Gasteiger partial charge in [0.2, 0.25) is 0 Å². The molecule has 3 nitrogen and oxygen atoms in total. The number of aryl methyl sites for hydroxylation is 1. The predicted molar refractivity (Wildman–Crippen MR) is 34.4 cm³/mol. The van der Waals surface area contributed by atoms with Crippen molar-refractivity contribution < 1.29 is 5.21 Å². The SMILES string of the molecule is Cc1ncccc1NO. The van der Waals surface area contributed by atoms with E-state index in [1.165, 1.54) is 0 Å². The number of pyridine rings is 1. The summed E-state index contributed by atoms with van der Waals surface area (Å²) < 4.78 is 0. The highest BCUT2D eigenvalue weighted by Crippen LogP contribution is 2.07. The van der Waals surface area contributed by atoms with Crippen molar-refractivity contribution in [1.29, 1.82) is 0 Å². The Morgan fingerprint density at radius 2 is 2.44 bits per heavy atom. The van der Waals surface area contributed by atoms with Gasteiger partial charge in [0.15, 0.2) is 0 Å². The van der Waals surface area contributed by atoms with Crippen molar-refractivity contribution in [2.45, 2.75) is 6.92 Å². The Hall–Kier alpha value is -1.09. The van der Waals surface area contributed by atoms with Crippen LogP contribution in [0, 0.1) is 6.92 Å². The summed E-state index contributed by atoms with van der Waals surface area (Å²) in [6.45, 7) is 1.82. The quantitative estimate of drug-likeness (QED) is 0.553. The van der Waals surface area contributed by atoms with Crippen LogP contribution in [0.2, 0.25) is 0 Å². The molecule has 2 N–H and O–H groups in total. The highest BCUT2D eigenvalue weighted by molar-refractivity contribution is 5.43. The predicted octanol–water partition coefficient (Wildman–Crippen LogP) is 1.19. The van der Waals surface area contributed by atoms with E-state index in [4.69, 9.17) is 5.21 Å². The molecule has 0 aliphatic carbocycles. The summed E-state index contributed by atoms with van der Waals surface area (Å²) in [5.41, 5.74) is 3.47. The van der Waals surface area contributed by atoms with Crippen molar-refractivity contribution in [2.24, 2.45) is 0 Å². The second-order valence-electron chi connectivity index (χ2n) is 1.75. The Bertz CT molecular complexity index is 200. The molecule has 0 radical (unpaired) electrons. The maximum Gasteiger partial charge on any atom is 0.0814 e. The first-order valence-corrected chi connectivity index (χ1v) is 2.66. The lowest BCUT2D eigenvalue weighted by molar-refractivity contribution is 0.388. The molecule has 0 aliphatic rings. The van der Waals surface area contributed by atoms with Gasteiger partial charge in [0.05, 0.1) is 11.4 Å². The molecule has 9 heavy (non-hydrogen) atoms. The molecule has 1 aromatic rings. The molecule has 1 aromatic heterocycles. The Kier molecular flexibility index (Phi) is 1.65. The largest absolute Gasteiger partial charge is 0.291 e. The minimum absolute atomic E-state index is 0.650. The molecular formula is C6H8N2O. The van der Waals surface area contributed by atoms with Crippen molar-refractivity contribution >= 4 is 5.69 Å². The molecule has 0 bridgehead atoms. The molecule has 1 rings (SSSR count). The Balaban J connectivity index is 3.01. The highest BCUT2D eigenvalue weighted by atomic mass is 16.5. The first-order valence-electron chi connectivity index (χ1n) is 2.66. The molecule has 0 saturated heterocycles. The van der Waals surface area contributed by atoms with Crippen LogP contribution in [0.4, 0.5) is 5.69 Å². The first kappa shape index (κ1) is 6.04. The summed E-state index contributed by atoms with van der Waals surface area (Å²) in [4.78, 5) is 3.93. The van der Waals surface area contributed by atoms with E-state index >= 15 is 0 Å². The van der Waals surface area contributed by atoms with Crippen LogP contribution in [0.25, 0.3) is 0 Å². The fourth-order valence-electron chi connectivity index (χ4n) is 0.602. The topological polar surface area (TPSA) is 45.2 Å². The van der Waals surface area contributed by atoms with Gasteiger partial charge in [-0.3, -0.25) is 15.7 Å². The van der Waals surface area contributed by atoms with Gasteiger partial charge in [0.1, 0.15) is 0 Å². The zero-order valence-corrected chi connectivity index (χ0v) is 5.13. The molecule has 0 fully saturated rings. The molecule has 0 aromatic carbocycles. The Morgan fingerprint density at radius 1 is 1.67 bits per heavy atom. The summed E-state index contributed by atoms with van der Waals surface area (Å²) in [7, 11) is 0. The number of rotatable bonds is 1. The number of hydrogen-bond donors (Lipinski definition) is 2. The molecule has 0 atom stereocenters. The lowest BCUT2D eigenvalue weighted by atomic mass is 10.3. The molecule has 0 aliphatic heterocycles. The molecule has 3 heteroatoms. The van der Waals surface area contributed by atoms with E-state index in [9.17, 15) is 0 Å². The lowest BCUT2D eigenvalue weighted by Gasteiger charge is -1.98. The number of nitrogens with zero attached hydrogens (tertiary/aromatic N) is 1. The third-order valence-corrected chi connectivity index (χ3v) is 1.13. The fourth-order valence-corrected chi connectivity index (χ4v) is 0.602.